The molecule has 2 amide bonds. The maximum atomic E-state index is 12.8. The second-order valence-electron chi connectivity index (χ2n) is 8.83. The Labute approximate surface area is 186 Å². The molecular formula is C25H27N3O4. The van der Waals surface area contributed by atoms with Crippen molar-refractivity contribution in [1.82, 2.24) is 9.88 Å². The molecule has 1 aromatic carbocycles. The molecule has 32 heavy (non-hydrogen) atoms. The molecule has 0 aliphatic carbocycles. The van der Waals surface area contributed by atoms with Crippen LogP contribution in [0, 0.1) is 12.3 Å². The molecule has 7 heteroatoms. The topological polar surface area (TPSA) is 95.7 Å². The zero-order valence-corrected chi connectivity index (χ0v) is 18.8. The summed E-state index contributed by atoms with van der Waals surface area (Å²) < 4.78 is 6.01. The number of fused-ring (bicyclic) bond motifs is 2. The predicted molar refractivity (Wildman–Crippen MR) is 123 cm³/mol. The highest BCUT2D eigenvalue weighted by atomic mass is 16.3. The number of likely N-dealkylation sites (N-methyl/N-ethyl adjacent to an activating group) is 1. The van der Waals surface area contributed by atoms with Crippen molar-refractivity contribution in [2.24, 2.45) is 5.41 Å². The van der Waals surface area contributed by atoms with Crippen molar-refractivity contribution < 1.29 is 19.1 Å². The lowest BCUT2D eigenvalue weighted by Crippen LogP contribution is -2.41. The number of pyridine rings is 1. The lowest BCUT2D eigenvalue weighted by atomic mass is 9.79. The molecular weight excluding hydrogens is 406 g/mol. The highest BCUT2D eigenvalue weighted by molar-refractivity contribution is 5.98. The van der Waals surface area contributed by atoms with Gasteiger partial charge >= 0.3 is 0 Å². The van der Waals surface area contributed by atoms with Crippen LogP contribution in [0.1, 0.15) is 55.4 Å². The molecule has 2 N–H and O–H groups in total. The van der Waals surface area contributed by atoms with Crippen LogP contribution in [0.25, 0.3) is 17.0 Å². The van der Waals surface area contributed by atoms with Crippen molar-refractivity contribution in [3.8, 4) is 0 Å². The van der Waals surface area contributed by atoms with Crippen LogP contribution in [-0.2, 0) is 9.59 Å². The number of nitrogens with one attached hydrogen (secondary N) is 1. The fourth-order valence-electron chi connectivity index (χ4n) is 3.93. The normalized spacial score (nSPS) is 18.4. The number of furan rings is 1. The summed E-state index contributed by atoms with van der Waals surface area (Å²) in [5.74, 6) is 0.632. The molecule has 3 aromatic rings. The van der Waals surface area contributed by atoms with Gasteiger partial charge in [0.2, 0.25) is 11.8 Å². The minimum Gasteiger partial charge on any atom is -0.459 e. The van der Waals surface area contributed by atoms with Gasteiger partial charge in [-0.05, 0) is 51.5 Å². The van der Waals surface area contributed by atoms with Crippen LogP contribution in [0.5, 0.6) is 0 Å². The van der Waals surface area contributed by atoms with Gasteiger partial charge < -0.3 is 19.7 Å². The number of aryl methyl sites for hydroxylation is 1. The number of benzene rings is 1. The van der Waals surface area contributed by atoms with Gasteiger partial charge in [-0.1, -0.05) is 18.2 Å². The number of aromatic nitrogens is 1. The third-order valence-corrected chi connectivity index (χ3v) is 6.34. The number of nitrogens with zero attached hydrogens (tertiary/aromatic N) is 2. The molecule has 2 atom stereocenters. The average Bonchev–Trinajstić information content (AvgIpc) is 3.12. The Morgan fingerprint density at radius 1 is 1.34 bits per heavy atom. The Balaban J connectivity index is 1.53. The zero-order valence-electron chi connectivity index (χ0n) is 18.8. The van der Waals surface area contributed by atoms with E-state index in [9.17, 15) is 14.7 Å². The van der Waals surface area contributed by atoms with Crippen molar-refractivity contribution in [1.29, 1.82) is 0 Å². The molecule has 3 heterocycles. The smallest absolute Gasteiger partial charge is 0.246 e. The van der Waals surface area contributed by atoms with Gasteiger partial charge in [-0.25, -0.2) is 4.98 Å². The van der Waals surface area contributed by atoms with Crippen LogP contribution < -0.4 is 5.32 Å². The van der Waals surface area contributed by atoms with Crippen LogP contribution in [0.3, 0.4) is 0 Å². The van der Waals surface area contributed by atoms with Gasteiger partial charge in [-0.15, -0.1) is 0 Å². The summed E-state index contributed by atoms with van der Waals surface area (Å²) in [7, 11) is 1.73. The molecule has 2 aromatic heterocycles. The molecule has 0 saturated heterocycles. The largest absolute Gasteiger partial charge is 0.459 e. The number of hydrogen-bond donors (Lipinski definition) is 2. The first-order valence-corrected chi connectivity index (χ1v) is 10.5. The standard InChI is InChI=1S/C25H27N3O4/c1-14-17-8-6-7-9-19(17)32-21(14)15(2)28(5)20(29)11-10-16-12-18-22(30)25(3,4)24(31)27-23(18)26-13-16/h6-13,15,22,30H,1-5H3,(H,26,27,31)/t15-,22?/m1/s1. The van der Waals surface area contributed by atoms with Crippen molar-refractivity contribution in [2.45, 2.75) is 39.8 Å². The Kier molecular flexibility index (Phi) is 5.38. The molecule has 0 radical (unpaired) electrons. The minimum atomic E-state index is -0.985. The van der Waals surface area contributed by atoms with Crippen LogP contribution in [0.15, 0.2) is 47.0 Å². The summed E-state index contributed by atoms with van der Waals surface area (Å²) in [4.78, 5) is 30.8. The summed E-state index contributed by atoms with van der Waals surface area (Å²) in [6, 6.07) is 9.30. The van der Waals surface area contributed by atoms with Crippen molar-refractivity contribution in [2.75, 3.05) is 12.4 Å². The Morgan fingerprint density at radius 3 is 2.78 bits per heavy atom. The van der Waals surface area contributed by atoms with Gasteiger partial charge in [-0.2, -0.15) is 0 Å². The molecule has 4 rings (SSSR count). The van der Waals surface area contributed by atoms with E-state index in [1.165, 1.54) is 6.08 Å². The van der Waals surface area contributed by atoms with E-state index in [1.54, 1.807) is 44.1 Å². The van der Waals surface area contributed by atoms with Crippen molar-refractivity contribution >= 4 is 34.7 Å². The highest BCUT2D eigenvalue weighted by Crippen LogP contribution is 2.41. The second kappa shape index (κ2) is 7.91. The van der Waals surface area contributed by atoms with Gasteiger partial charge in [0, 0.05) is 35.8 Å². The number of rotatable bonds is 4. The molecule has 0 fully saturated rings. The maximum absolute atomic E-state index is 12.8. The van der Waals surface area contributed by atoms with E-state index in [0.29, 0.717) is 16.9 Å². The quantitative estimate of drug-likeness (QED) is 0.595. The summed E-state index contributed by atoms with van der Waals surface area (Å²) in [6.45, 7) is 7.28. The van der Waals surface area contributed by atoms with Crippen molar-refractivity contribution in [3.05, 3.63) is 65.1 Å². The van der Waals surface area contributed by atoms with Crippen molar-refractivity contribution in [3.63, 3.8) is 0 Å². The van der Waals surface area contributed by atoms with Crippen LogP contribution in [0.4, 0.5) is 5.82 Å². The number of amides is 2. The molecule has 0 bridgehead atoms. The Bertz CT molecular complexity index is 1240. The van der Waals surface area contributed by atoms with Gasteiger partial charge in [0.25, 0.3) is 0 Å². The first kappa shape index (κ1) is 21.8. The molecule has 166 valence electrons. The first-order valence-electron chi connectivity index (χ1n) is 10.5. The van der Waals surface area contributed by atoms with E-state index in [1.807, 2.05) is 38.1 Å². The van der Waals surface area contributed by atoms with E-state index in [-0.39, 0.29) is 17.9 Å². The monoisotopic (exact) mass is 433 g/mol. The van der Waals surface area contributed by atoms with Crippen LogP contribution in [0.2, 0.25) is 0 Å². The molecule has 7 nitrogen and oxygen atoms in total. The summed E-state index contributed by atoms with van der Waals surface area (Å²) in [6.07, 6.45) is 3.69. The summed E-state index contributed by atoms with van der Waals surface area (Å²) >= 11 is 0. The van der Waals surface area contributed by atoms with Gasteiger partial charge in [0.15, 0.2) is 0 Å². The van der Waals surface area contributed by atoms with Crippen LogP contribution in [-0.4, -0.2) is 33.9 Å². The Hall–Kier alpha value is -3.45. The number of carbonyl (C=O) groups excluding carboxylic acids is 2. The third kappa shape index (κ3) is 3.58. The lowest BCUT2D eigenvalue weighted by molar-refractivity contribution is -0.131. The number of para-hydroxylation sites is 1. The van der Waals surface area contributed by atoms with E-state index >= 15 is 0 Å². The fraction of sp³-hybridized carbons (Fsp3) is 0.320. The van der Waals surface area contributed by atoms with E-state index < -0.39 is 11.5 Å². The number of aliphatic hydroxyl groups is 1. The predicted octanol–water partition coefficient (Wildman–Crippen LogP) is 4.38. The van der Waals surface area contributed by atoms with Gasteiger partial charge in [-0.3, -0.25) is 9.59 Å². The van der Waals surface area contributed by atoms with Crippen LogP contribution >= 0.6 is 0 Å². The average molecular weight is 434 g/mol. The molecule has 1 aliphatic heterocycles. The van der Waals surface area contributed by atoms with E-state index in [0.717, 1.165) is 22.3 Å². The van der Waals surface area contributed by atoms with E-state index in [2.05, 4.69) is 10.3 Å². The molecule has 0 spiro atoms. The molecule has 1 unspecified atom stereocenters. The summed E-state index contributed by atoms with van der Waals surface area (Å²) in [5.41, 5.74) is 2.05. The zero-order chi connectivity index (χ0) is 23.2. The molecule has 1 aliphatic rings. The lowest BCUT2D eigenvalue weighted by Gasteiger charge is -2.34. The minimum absolute atomic E-state index is 0.191. The summed E-state index contributed by atoms with van der Waals surface area (Å²) in [5, 5.41) is 14.4. The van der Waals surface area contributed by atoms with Gasteiger partial charge in [0.05, 0.1) is 17.6 Å². The number of anilines is 1. The third-order valence-electron chi connectivity index (χ3n) is 6.34. The van der Waals surface area contributed by atoms with E-state index in [4.69, 9.17) is 4.42 Å². The fourth-order valence-corrected chi connectivity index (χ4v) is 3.93. The SMILES string of the molecule is Cc1c([C@@H](C)N(C)C(=O)C=Cc2cnc3c(c2)C(O)C(C)(C)C(=O)N3)oc2ccccc12. The first-order chi connectivity index (χ1) is 15.1. The maximum Gasteiger partial charge on any atom is 0.246 e. The number of hydrogen-bond acceptors (Lipinski definition) is 5. The second-order valence-corrected chi connectivity index (χ2v) is 8.83. The highest BCUT2D eigenvalue weighted by Gasteiger charge is 2.42. The number of carbonyl (C=O) groups is 2. The Morgan fingerprint density at radius 2 is 2.06 bits per heavy atom. The molecule has 0 saturated carbocycles. The number of aliphatic hydroxyl groups excluding tert-OH is 1. The van der Waals surface area contributed by atoms with Gasteiger partial charge in [0.1, 0.15) is 17.2 Å².